The number of carboxylic acid groups (broad SMARTS) is 1. The zero-order chi connectivity index (χ0) is 15.9. The van der Waals surface area contributed by atoms with E-state index >= 15 is 0 Å². The van der Waals surface area contributed by atoms with Gasteiger partial charge in [-0.15, -0.1) is 0 Å². The summed E-state index contributed by atoms with van der Waals surface area (Å²) in [5, 5.41) is 11.8. The van der Waals surface area contributed by atoms with Crippen molar-refractivity contribution in [1.29, 1.82) is 0 Å². The Morgan fingerprint density at radius 2 is 1.38 bits per heavy atom. The number of carboxylic acids is 1. The average Bonchev–Trinajstić information content (AvgIpc) is 2.46. The van der Waals surface area contributed by atoms with Gasteiger partial charge in [0.15, 0.2) is 0 Å². The molecule has 0 saturated carbocycles. The van der Waals surface area contributed by atoms with Crippen LogP contribution in [-0.2, 0) is 9.59 Å². The van der Waals surface area contributed by atoms with Gasteiger partial charge in [0.25, 0.3) is 0 Å². The Balaban J connectivity index is 3.70. The highest BCUT2D eigenvalue weighted by Crippen LogP contribution is 2.11. The minimum atomic E-state index is -0.914. The molecule has 1 atom stereocenters. The van der Waals surface area contributed by atoms with Crippen molar-refractivity contribution in [3.05, 3.63) is 0 Å². The first-order chi connectivity index (χ1) is 10.1. The molecule has 1 unspecified atom stereocenters. The summed E-state index contributed by atoms with van der Waals surface area (Å²) in [6, 6.07) is -0.713. The summed E-state index contributed by atoms with van der Waals surface area (Å²) in [6.45, 7) is 4.23. The van der Waals surface area contributed by atoms with Crippen LogP contribution in [0.15, 0.2) is 0 Å². The van der Waals surface area contributed by atoms with Crippen LogP contribution in [0.2, 0.25) is 0 Å². The van der Waals surface area contributed by atoms with Crippen molar-refractivity contribution in [3.63, 3.8) is 0 Å². The number of hydrogen-bond acceptors (Lipinski definition) is 2. The molecule has 4 heteroatoms. The lowest BCUT2D eigenvalue weighted by atomic mass is 10.0. The lowest BCUT2D eigenvalue weighted by Gasteiger charge is -2.14. The molecule has 0 bridgehead atoms. The van der Waals surface area contributed by atoms with E-state index in [1.54, 1.807) is 0 Å². The Hall–Kier alpha value is -1.06. The van der Waals surface area contributed by atoms with Crippen LogP contribution >= 0.6 is 0 Å². The first-order valence-corrected chi connectivity index (χ1v) is 8.64. The fourth-order valence-corrected chi connectivity index (χ4v) is 2.34. The van der Waals surface area contributed by atoms with Crippen molar-refractivity contribution in [2.24, 2.45) is 0 Å². The highest BCUT2D eigenvalue weighted by Gasteiger charge is 2.18. The molecule has 21 heavy (non-hydrogen) atoms. The van der Waals surface area contributed by atoms with Gasteiger partial charge in [-0.2, -0.15) is 0 Å². The van der Waals surface area contributed by atoms with Crippen LogP contribution in [0.3, 0.4) is 0 Å². The van der Waals surface area contributed by atoms with Crippen LogP contribution in [0, 0.1) is 0 Å². The molecule has 0 aromatic heterocycles. The number of amides is 1. The van der Waals surface area contributed by atoms with E-state index in [9.17, 15) is 9.59 Å². The van der Waals surface area contributed by atoms with Gasteiger partial charge in [0.1, 0.15) is 6.04 Å². The number of carbonyl (C=O) groups is 2. The largest absolute Gasteiger partial charge is 0.480 e. The Morgan fingerprint density at radius 3 is 1.90 bits per heavy atom. The highest BCUT2D eigenvalue weighted by molar-refractivity contribution is 5.83. The van der Waals surface area contributed by atoms with Gasteiger partial charge in [0.05, 0.1) is 0 Å². The quantitative estimate of drug-likeness (QED) is 0.470. The molecular formula is C17H33NO3. The molecule has 0 saturated heterocycles. The SMILES string of the molecule is CCCCCCCCCCC(NC(=O)CCCC)C(=O)O. The van der Waals surface area contributed by atoms with Gasteiger partial charge in [-0.3, -0.25) is 4.79 Å². The van der Waals surface area contributed by atoms with Crippen molar-refractivity contribution >= 4 is 11.9 Å². The number of unbranched alkanes of at least 4 members (excludes halogenated alkanes) is 8. The summed E-state index contributed by atoms with van der Waals surface area (Å²) in [5.41, 5.74) is 0. The molecule has 0 radical (unpaired) electrons. The third kappa shape index (κ3) is 12.4. The first kappa shape index (κ1) is 19.9. The highest BCUT2D eigenvalue weighted by atomic mass is 16.4. The molecule has 0 aliphatic rings. The summed E-state index contributed by atoms with van der Waals surface area (Å²) >= 11 is 0. The van der Waals surface area contributed by atoms with E-state index in [4.69, 9.17) is 5.11 Å². The van der Waals surface area contributed by atoms with Crippen LogP contribution in [0.5, 0.6) is 0 Å². The van der Waals surface area contributed by atoms with Crippen molar-refractivity contribution in [2.75, 3.05) is 0 Å². The Morgan fingerprint density at radius 1 is 0.857 bits per heavy atom. The van der Waals surface area contributed by atoms with Gasteiger partial charge in [0.2, 0.25) is 5.91 Å². The van der Waals surface area contributed by atoms with E-state index in [2.05, 4.69) is 12.2 Å². The van der Waals surface area contributed by atoms with Crippen LogP contribution in [0.25, 0.3) is 0 Å². The summed E-state index contributed by atoms with van der Waals surface area (Å²) in [6.07, 6.45) is 12.2. The number of nitrogens with one attached hydrogen (secondary N) is 1. The van der Waals surface area contributed by atoms with Crippen LogP contribution in [0.4, 0.5) is 0 Å². The molecule has 4 nitrogen and oxygen atoms in total. The molecule has 0 aliphatic heterocycles. The summed E-state index contributed by atoms with van der Waals surface area (Å²) in [4.78, 5) is 22.7. The van der Waals surface area contributed by atoms with Gasteiger partial charge in [-0.1, -0.05) is 71.6 Å². The first-order valence-electron chi connectivity index (χ1n) is 8.64. The fourth-order valence-electron chi connectivity index (χ4n) is 2.34. The third-order valence-corrected chi connectivity index (χ3v) is 3.74. The maximum Gasteiger partial charge on any atom is 0.326 e. The Bertz CT molecular complexity index is 279. The van der Waals surface area contributed by atoms with Gasteiger partial charge < -0.3 is 10.4 Å². The second-order valence-electron chi connectivity index (χ2n) is 5.83. The second-order valence-corrected chi connectivity index (χ2v) is 5.83. The minimum absolute atomic E-state index is 0.135. The normalized spacial score (nSPS) is 12.1. The van der Waals surface area contributed by atoms with E-state index < -0.39 is 12.0 Å². The Labute approximate surface area is 129 Å². The molecule has 0 rings (SSSR count). The Kier molecular flexibility index (Phi) is 13.2. The van der Waals surface area contributed by atoms with Crippen molar-refractivity contribution < 1.29 is 14.7 Å². The summed E-state index contributed by atoms with van der Waals surface area (Å²) < 4.78 is 0. The standard InChI is InChI=1S/C17H33NO3/c1-3-5-7-8-9-10-11-12-13-15(17(20)21)18-16(19)14-6-4-2/h15H,3-14H2,1-2H3,(H,18,19)(H,20,21). The van der Waals surface area contributed by atoms with Crippen molar-refractivity contribution in [1.82, 2.24) is 5.32 Å². The molecular weight excluding hydrogens is 266 g/mol. The number of hydrogen-bond donors (Lipinski definition) is 2. The van der Waals surface area contributed by atoms with Gasteiger partial charge in [0, 0.05) is 6.42 Å². The fraction of sp³-hybridized carbons (Fsp3) is 0.882. The third-order valence-electron chi connectivity index (χ3n) is 3.74. The van der Waals surface area contributed by atoms with Gasteiger partial charge in [-0.05, 0) is 12.8 Å². The molecule has 124 valence electrons. The summed E-state index contributed by atoms with van der Waals surface area (Å²) in [7, 11) is 0. The second kappa shape index (κ2) is 13.9. The van der Waals surface area contributed by atoms with Crippen LogP contribution < -0.4 is 5.32 Å². The zero-order valence-corrected chi connectivity index (χ0v) is 13.8. The van der Waals surface area contributed by atoms with Gasteiger partial charge in [-0.25, -0.2) is 4.79 Å². The van der Waals surface area contributed by atoms with Crippen LogP contribution in [-0.4, -0.2) is 23.0 Å². The number of carbonyl (C=O) groups excluding carboxylic acids is 1. The maximum absolute atomic E-state index is 11.6. The number of aliphatic carboxylic acids is 1. The van der Waals surface area contributed by atoms with Crippen molar-refractivity contribution in [3.8, 4) is 0 Å². The molecule has 0 aromatic carbocycles. The molecule has 0 aromatic rings. The lowest BCUT2D eigenvalue weighted by Crippen LogP contribution is -2.40. The van der Waals surface area contributed by atoms with E-state index in [1.165, 1.54) is 38.5 Å². The average molecular weight is 299 g/mol. The smallest absolute Gasteiger partial charge is 0.326 e. The number of rotatable bonds is 14. The topological polar surface area (TPSA) is 66.4 Å². The van der Waals surface area contributed by atoms with Crippen molar-refractivity contribution in [2.45, 2.75) is 96.9 Å². The van der Waals surface area contributed by atoms with E-state index in [1.807, 2.05) is 6.92 Å². The van der Waals surface area contributed by atoms with E-state index in [-0.39, 0.29) is 5.91 Å². The predicted molar refractivity (Wildman–Crippen MR) is 86.3 cm³/mol. The van der Waals surface area contributed by atoms with E-state index in [0.717, 1.165) is 25.7 Å². The lowest BCUT2D eigenvalue weighted by molar-refractivity contribution is -0.142. The predicted octanol–water partition coefficient (Wildman–Crippen LogP) is 4.28. The molecule has 0 fully saturated rings. The van der Waals surface area contributed by atoms with Gasteiger partial charge >= 0.3 is 5.97 Å². The van der Waals surface area contributed by atoms with E-state index in [0.29, 0.717) is 12.8 Å². The minimum Gasteiger partial charge on any atom is -0.480 e. The summed E-state index contributed by atoms with van der Waals surface area (Å²) in [5.74, 6) is -1.05. The van der Waals surface area contributed by atoms with Crippen LogP contribution in [0.1, 0.15) is 90.9 Å². The molecule has 1 amide bonds. The molecule has 0 spiro atoms. The monoisotopic (exact) mass is 299 g/mol. The molecule has 2 N–H and O–H groups in total. The molecule has 0 aliphatic carbocycles. The maximum atomic E-state index is 11.6. The molecule has 0 heterocycles. The zero-order valence-electron chi connectivity index (χ0n) is 13.8.